The Kier molecular flexibility index (Phi) is 1.85. The Labute approximate surface area is 65.5 Å². The van der Waals surface area contributed by atoms with Crippen LogP contribution in [0.2, 0.25) is 0 Å². The molecular weight excluding hydrogens is 145 g/mol. The molecule has 0 spiro atoms. The van der Waals surface area contributed by atoms with Gasteiger partial charge in [0, 0.05) is 12.8 Å². The summed E-state index contributed by atoms with van der Waals surface area (Å²) in [5, 5.41) is 0. The Hall–Kier alpha value is -0.690. The van der Waals surface area contributed by atoms with E-state index in [-0.39, 0.29) is 0 Å². The van der Waals surface area contributed by atoms with Crippen molar-refractivity contribution < 1.29 is 9.18 Å². The number of alkyl halides is 1. The summed E-state index contributed by atoms with van der Waals surface area (Å²) in [4.78, 5) is 13.6. The van der Waals surface area contributed by atoms with Gasteiger partial charge in [-0.25, -0.2) is 9.18 Å². The molecule has 2 nitrogen and oxygen atoms in total. The molecule has 1 fully saturated rings. The largest absolute Gasteiger partial charge is 0.244 e. The van der Waals surface area contributed by atoms with Crippen molar-refractivity contribution >= 4 is 6.08 Å². The highest BCUT2D eigenvalue weighted by atomic mass is 19.1. The lowest BCUT2D eigenvalue weighted by atomic mass is 9.66. The molecule has 0 aliphatic heterocycles. The maximum atomic E-state index is 13.0. The van der Waals surface area contributed by atoms with Gasteiger partial charge < -0.3 is 0 Å². The zero-order valence-electron chi connectivity index (χ0n) is 6.85. The average Bonchev–Trinajstić information content (AvgIpc) is 1.84. The van der Waals surface area contributed by atoms with E-state index in [1.54, 1.807) is 6.92 Å². The normalized spacial score (nSPS) is 42.5. The quantitative estimate of drug-likeness (QED) is 0.445. The van der Waals surface area contributed by atoms with Crippen LogP contribution in [0.3, 0.4) is 0 Å². The minimum atomic E-state index is -1.11. The van der Waals surface area contributed by atoms with Crippen molar-refractivity contribution in [1.29, 1.82) is 0 Å². The number of hydrogen-bond donors (Lipinski definition) is 0. The van der Waals surface area contributed by atoms with E-state index >= 15 is 0 Å². The van der Waals surface area contributed by atoms with Crippen molar-refractivity contribution in [2.75, 3.05) is 0 Å². The minimum absolute atomic E-state index is 0.367. The molecule has 1 aliphatic rings. The van der Waals surface area contributed by atoms with Crippen LogP contribution in [0.15, 0.2) is 4.99 Å². The van der Waals surface area contributed by atoms with Crippen molar-refractivity contribution in [2.24, 2.45) is 4.99 Å². The number of hydrogen-bond acceptors (Lipinski definition) is 2. The van der Waals surface area contributed by atoms with Crippen LogP contribution in [0.1, 0.15) is 33.1 Å². The van der Waals surface area contributed by atoms with Crippen LogP contribution in [-0.2, 0) is 4.79 Å². The molecule has 0 amide bonds. The van der Waals surface area contributed by atoms with Gasteiger partial charge in [0.1, 0.15) is 5.67 Å². The molecule has 0 saturated heterocycles. The Balaban J connectivity index is 2.64. The van der Waals surface area contributed by atoms with Gasteiger partial charge in [0.15, 0.2) is 0 Å². The molecule has 0 bridgehead atoms. The standard InChI is InChI=1S/C8H12FNO/c1-3-8(10-6-11)4-7(2,9)5-8/h3-5H2,1-2H3. The Bertz CT molecular complexity index is 198. The van der Waals surface area contributed by atoms with Gasteiger partial charge in [0.25, 0.3) is 0 Å². The van der Waals surface area contributed by atoms with Gasteiger partial charge in [-0.1, -0.05) is 6.92 Å². The second-order valence-electron chi connectivity index (χ2n) is 3.55. The highest BCUT2D eigenvalue weighted by Crippen LogP contribution is 2.48. The number of rotatable bonds is 2. The van der Waals surface area contributed by atoms with Gasteiger partial charge in [-0.15, -0.1) is 0 Å². The molecule has 0 heterocycles. The molecule has 62 valence electrons. The molecule has 1 aliphatic carbocycles. The van der Waals surface area contributed by atoms with Crippen LogP contribution in [0.25, 0.3) is 0 Å². The van der Waals surface area contributed by atoms with E-state index in [1.807, 2.05) is 6.92 Å². The van der Waals surface area contributed by atoms with E-state index in [4.69, 9.17) is 0 Å². The van der Waals surface area contributed by atoms with Crippen molar-refractivity contribution in [3.63, 3.8) is 0 Å². The van der Waals surface area contributed by atoms with Gasteiger partial charge in [-0.3, -0.25) is 0 Å². The van der Waals surface area contributed by atoms with E-state index in [0.29, 0.717) is 12.8 Å². The van der Waals surface area contributed by atoms with Crippen LogP contribution < -0.4 is 0 Å². The average molecular weight is 157 g/mol. The first-order valence-electron chi connectivity index (χ1n) is 3.82. The molecule has 11 heavy (non-hydrogen) atoms. The first-order valence-corrected chi connectivity index (χ1v) is 3.82. The van der Waals surface area contributed by atoms with Gasteiger partial charge in [0.2, 0.25) is 6.08 Å². The summed E-state index contributed by atoms with van der Waals surface area (Å²) in [5.74, 6) is 0. The number of isocyanates is 1. The third-order valence-electron chi connectivity index (χ3n) is 2.34. The second-order valence-corrected chi connectivity index (χ2v) is 3.55. The number of carbonyl (C=O) groups excluding carboxylic acids is 1. The SMILES string of the molecule is CCC1(N=C=O)CC(C)(F)C1. The van der Waals surface area contributed by atoms with E-state index in [1.165, 1.54) is 6.08 Å². The second kappa shape index (κ2) is 2.42. The number of halogens is 1. The summed E-state index contributed by atoms with van der Waals surface area (Å²) >= 11 is 0. The lowest BCUT2D eigenvalue weighted by Gasteiger charge is -2.45. The van der Waals surface area contributed by atoms with Crippen LogP contribution >= 0.6 is 0 Å². The molecular formula is C8H12FNO. The van der Waals surface area contributed by atoms with Gasteiger partial charge >= 0.3 is 0 Å². The topological polar surface area (TPSA) is 29.4 Å². The van der Waals surface area contributed by atoms with E-state index in [0.717, 1.165) is 6.42 Å². The van der Waals surface area contributed by atoms with Crippen LogP contribution in [-0.4, -0.2) is 17.3 Å². The Morgan fingerprint density at radius 1 is 1.64 bits per heavy atom. The third kappa shape index (κ3) is 1.48. The summed E-state index contributed by atoms with van der Waals surface area (Å²) in [6.07, 6.45) is 2.97. The van der Waals surface area contributed by atoms with E-state index in [2.05, 4.69) is 4.99 Å². The van der Waals surface area contributed by atoms with E-state index in [9.17, 15) is 9.18 Å². The van der Waals surface area contributed by atoms with Crippen LogP contribution in [0.5, 0.6) is 0 Å². The smallest absolute Gasteiger partial charge is 0.235 e. The summed E-state index contributed by atoms with van der Waals surface area (Å²) in [7, 11) is 0. The molecule has 1 saturated carbocycles. The monoisotopic (exact) mass is 157 g/mol. The van der Waals surface area contributed by atoms with Crippen LogP contribution in [0, 0.1) is 0 Å². The summed E-state index contributed by atoms with van der Waals surface area (Å²) in [6.45, 7) is 3.46. The van der Waals surface area contributed by atoms with E-state index < -0.39 is 11.2 Å². The molecule has 0 aromatic carbocycles. The lowest BCUT2D eigenvalue weighted by molar-refractivity contribution is 0.00352. The Morgan fingerprint density at radius 2 is 2.18 bits per heavy atom. The summed E-state index contributed by atoms with van der Waals surface area (Å²) < 4.78 is 13.0. The van der Waals surface area contributed by atoms with Crippen molar-refractivity contribution in [1.82, 2.24) is 0 Å². The molecule has 0 atom stereocenters. The zero-order chi connectivity index (χ0) is 8.54. The van der Waals surface area contributed by atoms with Gasteiger partial charge in [-0.05, 0) is 13.3 Å². The molecule has 0 N–H and O–H groups in total. The van der Waals surface area contributed by atoms with Gasteiger partial charge in [-0.2, -0.15) is 4.99 Å². The predicted octanol–water partition coefficient (Wildman–Crippen LogP) is 1.99. The van der Waals surface area contributed by atoms with Crippen molar-refractivity contribution in [3.8, 4) is 0 Å². The molecule has 1 rings (SSSR count). The fourth-order valence-corrected chi connectivity index (χ4v) is 1.83. The predicted molar refractivity (Wildman–Crippen MR) is 39.9 cm³/mol. The van der Waals surface area contributed by atoms with Gasteiger partial charge in [0.05, 0.1) is 5.54 Å². The summed E-state index contributed by atoms with van der Waals surface area (Å²) in [5.41, 5.74) is -1.54. The highest BCUT2D eigenvalue weighted by molar-refractivity contribution is 5.36. The molecule has 0 aromatic rings. The summed E-state index contributed by atoms with van der Waals surface area (Å²) in [6, 6.07) is 0. The minimum Gasteiger partial charge on any atom is -0.244 e. The molecule has 0 aromatic heterocycles. The molecule has 0 radical (unpaired) electrons. The first-order chi connectivity index (χ1) is 5.04. The van der Waals surface area contributed by atoms with Crippen molar-refractivity contribution in [2.45, 2.75) is 44.3 Å². The molecule has 0 unspecified atom stereocenters. The highest BCUT2D eigenvalue weighted by Gasteiger charge is 2.51. The first kappa shape index (κ1) is 8.41. The number of aliphatic imine (C=N–C) groups is 1. The maximum Gasteiger partial charge on any atom is 0.235 e. The lowest BCUT2D eigenvalue weighted by Crippen LogP contribution is -2.50. The Morgan fingerprint density at radius 3 is 2.45 bits per heavy atom. The third-order valence-corrected chi connectivity index (χ3v) is 2.34. The fraction of sp³-hybridized carbons (Fsp3) is 0.875. The molecule has 3 heteroatoms. The maximum absolute atomic E-state index is 13.0. The number of nitrogens with zero attached hydrogens (tertiary/aromatic N) is 1. The zero-order valence-corrected chi connectivity index (χ0v) is 6.85. The van der Waals surface area contributed by atoms with Crippen LogP contribution in [0.4, 0.5) is 4.39 Å². The van der Waals surface area contributed by atoms with Crippen molar-refractivity contribution in [3.05, 3.63) is 0 Å². The fourth-order valence-electron chi connectivity index (χ4n) is 1.83.